The number of ketones is 2. The van der Waals surface area contributed by atoms with Crippen molar-refractivity contribution >= 4 is 11.6 Å². The fourth-order valence-corrected chi connectivity index (χ4v) is 6.72. The lowest BCUT2D eigenvalue weighted by Gasteiger charge is -2.35. The van der Waals surface area contributed by atoms with E-state index in [2.05, 4.69) is 13.8 Å². The van der Waals surface area contributed by atoms with Crippen LogP contribution in [0.15, 0.2) is 30.3 Å². The van der Waals surface area contributed by atoms with Crippen LogP contribution in [0.2, 0.25) is 0 Å². The first-order valence-electron chi connectivity index (χ1n) is 20.1. The Morgan fingerprint density at radius 1 is 0.532 bits per heavy atom. The summed E-state index contributed by atoms with van der Waals surface area (Å²) in [4.78, 5) is 26.5. The van der Waals surface area contributed by atoms with Crippen molar-refractivity contribution in [3.05, 3.63) is 35.9 Å². The predicted molar refractivity (Wildman–Crippen MR) is 198 cm³/mol. The molecule has 1 rings (SSSR count). The fourth-order valence-electron chi connectivity index (χ4n) is 6.72. The minimum Gasteiger partial charge on any atom is -0.389 e. The van der Waals surface area contributed by atoms with Crippen LogP contribution in [0.3, 0.4) is 0 Å². The Kier molecular flexibility index (Phi) is 27.2. The van der Waals surface area contributed by atoms with E-state index < -0.39 is 29.4 Å². The number of unbranched alkanes of at least 4 members (excludes halogenated alkanes) is 24. The number of carbonyl (C=O) groups is 2. The molecule has 5 heteroatoms. The average molecular weight is 659 g/mol. The van der Waals surface area contributed by atoms with Gasteiger partial charge in [0, 0.05) is 19.3 Å². The first-order valence-corrected chi connectivity index (χ1v) is 20.1. The van der Waals surface area contributed by atoms with Crippen LogP contribution in [-0.4, -0.2) is 44.7 Å². The Morgan fingerprint density at radius 2 is 0.872 bits per heavy atom. The molecule has 1 aromatic rings. The number of Topliss-reactive ketones (excluding diaryl/α,β-unsaturated/α-hetero) is 2. The van der Waals surface area contributed by atoms with Gasteiger partial charge in [0.05, 0.1) is 6.10 Å². The first kappa shape index (κ1) is 43.5. The van der Waals surface area contributed by atoms with Gasteiger partial charge in [-0.25, -0.2) is 0 Å². The minimum atomic E-state index is -2.50. The second-order valence-electron chi connectivity index (χ2n) is 14.3. The summed E-state index contributed by atoms with van der Waals surface area (Å²) < 4.78 is 0. The van der Waals surface area contributed by atoms with Crippen LogP contribution < -0.4 is 0 Å². The van der Waals surface area contributed by atoms with Crippen LogP contribution in [-0.2, 0) is 16.0 Å². The molecule has 0 aliphatic heterocycles. The van der Waals surface area contributed by atoms with Crippen LogP contribution in [0.1, 0.15) is 199 Å². The monoisotopic (exact) mass is 659 g/mol. The largest absolute Gasteiger partial charge is 0.389 e. The lowest BCUT2D eigenvalue weighted by molar-refractivity contribution is -0.178. The standard InChI is InChI=1S/C42H74O5/c1-3-5-7-9-11-13-15-17-19-21-23-25-30-34-38(43)41(46)42(47,40(45)36-37-32-28-27-29-33-37)39(44)35-31-26-24-22-20-18-16-14-12-10-8-6-4-2/h27-29,32-33,40-41,45-47H,3-26,30-31,34-36H2,1-2H3. The zero-order valence-electron chi connectivity index (χ0n) is 30.7. The van der Waals surface area contributed by atoms with Gasteiger partial charge < -0.3 is 15.3 Å². The Labute approximate surface area is 289 Å². The Morgan fingerprint density at radius 3 is 1.26 bits per heavy atom. The lowest BCUT2D eigenvalue weighted by atomic mass is 9.78. The van der Waals surface area contributed by atoms with Crippen LogP contribution in [0, 0.1) is 0 Å². The molecule has 5 nitrogen and oxygen atoms in total. The maximum Gasteiger partial charge on any atom is 0.182 e. The van der Waals surface area contributed by atoms with E-state index in [1.54, 1.807) is 0 Å². The van der Waals surface area contributed by atoms with E-state index in [4.69, 9.17) is 0 Å². The molecule has 1 aromatic carbocycles. The predicted octanol–water partition coefficient (Wildman–Crippen LogP) is 10.8. The molecule has 47 heavy (non-hydrogen) atoms. The van der Waals surface area contributed by atoms with Crippen LogP contribution in [0.25, 0.3) is 0 Å². The van der Waals surface area contributed by atoms with Gasteiger partial charge in [-0.3, -0.25) is 9.59 Å². The molecule has 0 aliphatic rings. The number of rotatable bonds is 34. The second kappa shape index (κ2) is 29.4. The van der Waals surface area contributed by atoms with Gasteiger partial charge in [0.15, 0.2) is 23.3 Å². The molecule has 0 radical (unpaired) electrons. The van der Waals surface area contributed by atoms with Crippen LogP contribution in [0.4, 0.5) is 0 Å². The summed E-state index contributed by atoms with van der Waals surface area (Å²) >= 11 is 0. The van der Waals surface area contributed by atoms with Gasteiger partial charge in [0.2, 0.25) is 0 Å². The van der Waals surface area contributed by atoms with Crippen molar-refractivity contribution in [3.8, 4) is 0 Å². The van der Waals surface area contributed by atoms with Crippen molar-refractivity contribution in [1.29, 1.82) is 0 Å². The highest BCUT2D eigenvalue weighted by atomic mass is 16.4. The molecule has 3 unspecified atom stereocenters. The van der Waals surface area contributed by atoms with E-state index in [9.17, 15) is 24.9 Å². The summed E-state index contributed by atoms with van der Waals surface area (Å²) in [7, 11) is 0. The SMILES string of the molecule is CCCCCCCCCCCCCCCC(=O)C(O)C(O)(C(=O)CCCCCCCCCCCCCCC)C(O)Cc1ccccc1. The quantitative estimate of drug-likeness (QED) is 0.0641. The highest BCUT2D eigenvalue weighted by Crippen LogP contribution is 2.26. The Balaban J connectivity index is 2.43. The molecule has 0 spiro atoms. The van der Waals surface area contributed by atoms with E-state index in [1.165, 1.54) is 116 Å². The molecule has 0 aliphatic carbocycles. The van der Waals surface area contributed by atoms with E-state index in [0.717, 1.165) is 44.1 Å². The number of hydrogen-bond donors (Lipinski definition) is 3. The van der Waals surface area contributed by atoms with E-state index in [-0.39, 0.29) is 19.3 Å². The van der Waals surface area contributed by atoms with Gasteiger partial charge in [-0.15, -0.1) is 0 Å². The average Bonchev–Trinajstić information content (AvgIpc) is 3.08. The van der Waals surface area contributed by atoms with Gasteiger partial charge in [-0.1, -0.05) is 198 Å². The zero-order chi connectivity index (χ0) is 34.4. The van der Waals surface area contributed by atoms with Gasteiger partial charge in [-0.2, -0.15) is 0 Å². The smallest absolute Gasteiger partial charge is 0.182 e. The van der Waals surface area contributed by atoms with E-state index >= 15 is 0 Å². The molecule has 0 saturated heterocycles. The second-order valence-corrected chi connectivity index (χ2v) is 14.3. The number of hydrogen-bond acceptors (Lipinski definition) is 5. The summed E-state index contributed by atoms with van der Waals surface area (Å²) in [6, 6.07) is 9.13. The Bertz CT molecular complexity index is 871. The molecule has 0 fully saturated rings. The Hall–Kier alpha value is -1.56. The van der Waals surface area contributed by atoms with Crippen molar-refractivity contribution in [3.63, 3.8) is 0 Å². The van der Waals surface area contributed by atoms with E-state index in [0.29, 0.717) is 12.8 Å². The third-order valence-corrected chi connectivity index (χ3v) is 9.98. The van der Waals surface area contributed by atoms with Crippen molar-refractivity contribution in [2.75, 3.05) is 0 Å². The van der Waals surface area contributed by atoms with Gasteiger partial charge >= 0.3 is 0 Å². The van der Waals surface area contributed by atoms with Crippen molar-refractivity contribution < 1.29 is 24.9 Å². The number of aliphatic hydroxyl groups excluding tert-OH is 2. The number of benzene rings is 1. The van der Waals surface area contributed by atoms with Crippen LogP contribution >= 0.6 is 0 Å². The molecule has 0 amide bonds. The highest BCUT2D eigenvalue weighted by Gasteiger charge is 2.51. The van der Waals surface area contributed by atoms with Crippen molar-refractivity contribution in [2.24, 2.45) is 0 Å². The van der Waals surface area contributed by atoms with E-state index in [1.807, 2.05) is 30.3 Å². The molecule has 3 N–H and O–H groups in total. The molecule has 0 heterocycles. The molecule has 0 bridgehead atoms. The molecule has 0 saturated carbocycles. The summed E-state index contributed by atoms with van der Waals surface area (Å²) in [6.45, 7) is 4.50. The van der Waals surface area contributed by atoms with Gasteiger partial charge in [0.1, 0.15) is 0 Å². The van der Waals surface area contributed by atoms with Gasteiger partial charge in [0.25, 0.3) is 0 Å². The topological polar surface area (TPSA) is 94.8 Å². The number of aliphatic hydroxyl groups is 3. The maximum absolute atomic E-state index is 13.4. The summed E-state index contributed by atoms with van der Waals surface area (Å²) in [5.41, 5.74) is -1.76. The molecule has 0 aromatic heterocycles. The first-order chi connectivity index (χ1) is 22.9. The molecule has 272 valence electrons. The van der Waals surface area contributed by atoms with Crippen molar-refractivity contribution in [2.45, 2.75) is 218 Å². The molecular formula is C42H74O5. The van der Waals surface area contributed by atoms with Gasteiger partial charge in [-0.05, 0) is 18.4 Å². The normalized spacial score (nSPS) is 14.1. The highest BCUT2D eigenvalue weighted by molar-refractivity contribution is 5.96. The van der Waals surface area contributed by atoms with Crippen molar-refractivity contribution in [1.82, 2.24) is 0 Å². The summed E-state index contributed by atoms with van der Waals surface area (Å²) in [5, 5.41) is 33.8. The fraction of sp³-hybridized carbons (Fsp3) is 0.810. The number of carbonyl (C=O) groups excluding carboxylic acids is 2. The maximum atomic E-state index is 13.4. The summed E-state index contributed by atoms with van der Waals surface area (Å²) in [5.74, 6) is -1.18. The molecule has 3 atom stereocenters. The minimum absolute atomic E-state index is 0.00916. The molecular weight excluding hydrogens is 584 g/mol. The lowest BCUT2D eigenvalue weighted by Crippen LogP contribution is -2.61. The summed E-state index contributed by atoms with van der Waals surface area (Å²) in [6.07, 6.45) is 27.5. The van der Waals surface area contributed by atoms with Crippen LogP contribution in [0.5, 0.6) is 0 Å². The third kappa shape index (κ3) is 20.5. The third-order valence-electron chi connectivity index (χ3n) is 9.98. The zero-order valence-corrected chi connectivity index (χ0v) is 30.7.